The molecule has 26 heavy (non-hydrogen) atoms. The summed E-state index contributed by atoms with van der Waals surface area (Å²) >= 11 is 0. The lowest BCUT2D eigenvalue weighted by Gasteiger charge is -2.45. The van der Waals surface area contributed by atoms with Crippen LogP contribution < -0.4 is 9.47 Å². The summed E-state index contributed by atoms with van der Waals surface area (Å²) in [6, 6.07) is 7.38. The summed E-state index contributed by atoms with van der Waals surface area (Å²) in [5.74, 6) is 1.47. The molecule has 1 aliphatic rings. The van der Waals surface area contributed by atoms with Gasteiger partial charge in [0.15, 0.2) is 6.61 Å². The lowest BCUT2D eigenvalue weighted by atomic mass is 10.0. The number of ether oxygens (including phenoxy) is 2. The number of carbonyl (C=O) groups excluding carboxylic acids is 2. The molecule has 0 aromatic heterocycles. The molecule has 1 aliphatic heterocycles. The highest BCUT2D eigenvalue weighted by Gasteiger charge is 2.35. The van der Waals surface area contributed by atoms with Crippen LogP contribution in [0.25, 0.3) is 0 Å². The van der Waals surface area contributed by atoms with E-state index in [-0.39, 0.29) is 30.5 Å². The quantitative estimate of drug-likeness (QED) is 0.748. The number of nitrogens with zero attached hydrogens (tertiary/aromatic N) is 2. The number of hydrogen-bond acceptors (Lipinski definition) is 4. The predicted molar refractivity (Wildman–Crippen MR) is 100 cm³/mol. The van der Waals surface area contributed by atoms with Crippen molar-refractivity contribution in [1.82, 2.24) is 9.80 Å². The fourth-order valence-electron chi connectivity index (χ4n) is 3.37. The van der Waals surface area contributed by atoms with Gasteiger partial charge in [0, 0.05) is 32.1 Å². The molecular formula is C20H30N2O4. The van der Waals surface area contributed by atoms with Gasteiger partial charge in [0.2, 0.25) is 5.91 Å². The fourth-order valence-corrected chi connectivity index (χ4v) is 3.37. The Morgan fingerprint density at radius 1 is 0.923 bits per heavy atom. The molecular weight excluding hydrogens is 332 g/mol. The summed E-state index contributed by atoms with van der Waals surface area (Å²) in [6.45, 7) is 9.40. The molecule has 1 aromatic rings. The summed E-state index contributed by atoms with van der Waals surface area (Å²) in [5, 5.41) is 0. The number of amides is 2. The van der Waals surface area contributed by atoms with Crippen LogP contribution in [0.4, 0.5) is 0 Å². The Kier molecular flexibility index (Phi) is 7.30. The Bertz CT molecular complexity index is 602. The maximum Gasteiger partial charge on any atom is 0.260 e. The molecule has 0 unspecified atom stereocenters. The maximum absolute atomic E-state index is 12.7. The SMILES string of the molecule is CCOc1ccc(OCC(=O)N2C[C@@H](CC)N(C(C)=O)C[C@H]2CC)cc1. The Morgan fingerprint density at radius 3 is 1.92 bits per heavy atom. The Labute approximate surface area is 156 Å². The van der Waals surface area contributed by atoms with Crippen molar-refractivity contribution in [2.75, 3.05) is 26.3 Å². The Hall–Kier alpha value is -2.24. The summed E-state index contributed by atoms with van der Waals surface area (Å²) in [7, 11) is 0. The molecule has 0 radical (unpaired) electrons. The zero-order valence-corrected chi connectivity index (χ0v) is 16.2. The van der Waals surface area contributed by atoms with Gasteiger partial charge >= 0.3 is 0 Å². The van der Waals surface area contributed by atoms with Crippen LogP contribution in [0.2, 0.25) is 0 Å². The van der Waals surface area contributed by atoms with Crippen LogP contribution >= 0.6 is 0 Å². The number of benzene rings is 1. The maximum atomic E-state index is 12.7. The van der Waals surface area contributed by atoms with Crippen LogP contribution in [0, 0.1) is 0 Å². The third-order valence-corrected chi connectivity index (χ3v) is 4.86. The van der Waals surface area contributed by atoms with Gasteiger partial charge < -0.3 is 19.3 Å². The molecule has 2 rings (SSSR count). The van der Waals surface area contributed by atoms with E-state index >= 15 is 0 Å². The van der Waals surface area contributed by atoms with Crippen LogP contribution in [0.3, 0.4) is 0 Å². The van der Waals surface area contributed by atoms with Crippen molar-refractivity contribution >= 4 is 11.8 Å². The van der Waals surface area contributed by atoms with Gasteiger partial charge in [-0.05, 0) is 44.0 Å². The van der Waals surface area contributed by atoms with E-state index in [0.29, 0.717) is 25.4 Å². The molecule has 6 nitrogen and oxygen atoms in total. The lowest BCUT2D eigenvalue weighted by molar-refractivity contribution is -0.147. The van der Waals surface area contributed by atoms with E-state index < -0.39 is 0 Å². The third kappa shape index (κ3) is 4.90. The average Bonchev–Trinajstić information content (AvgIpc) is 2.66. The molecule has 1 saturated heterocycles. The van der Waals surface area contributed by atoms with E-state index in [2.05, 4.69) is 0 Å². The molecule has 0 N–H and O–H groups in total. The zero-order chi connectivity index (χ0) is 19.1. The van der Waals surface area contributed by atoms with Gasteiger partial charge in [-0.1, -0.05) is 13.8 Å². The van der Waals surface area contributed by atoms with Gasteiger partial charge in [-0.25, -0.2) is 0 Å². The molecule has 0 aliphatic carbocycles. The molecule has 0 spiro atoms. The van der Waals surface area contributed by atoms with Gasteiger partial charge in [-0.3, -0.25) is 9.59 Å². The van der Waals surface area contributed by atoms with Crippen LogP contribution in [0.1, 0.15) is 40.5 Å². The van der Waals surface area contributed by atoms with Crippen molar-refractivity contribution in [3.8, 4) is 11.5 Å². The van der Waals surface area contributed by atoms with Crippen molar-refractivity contribution in [2.45, 2.75) is 52.6 Å². The first kappa shape index (κ1) is 20.1. The number of piperazine rings is 1. The summed E-state index contributed by atoms with van der Waals surface area (Å²) in [6.07, 6.45) is 1.65. The smallest absolute Gasteiger partial charge is 0.260 e. The molecule has 2 amide bonds. The monoisotopic (exact) mass is 362 g/mol. The van der Waals surface area contributed by atoms with Crippen molar-refractivity contribution in [3.63, 3.8) is 0 Å². The number of rotatable bonds is 7. The Morgan fingerprint density at radius 2 is 1.42 bits per heavy atom. The van der Waals surface area contributed by atoms with Gasteiger partial charge in [0.05, 0.1) is 6.61 Å². The third-order valence-electron chi connectivity index (χ3n) is 4.86. The molecule has 6 heteroatoms. The van der Waals surface area contributed by atoms with E-state index in [9.17, 15) is 9.59 Å². The molecule has 1 fully saturated rings. The number of hydrogen-bond donors (Lipinski definition) is 0. The minimum atomic E-state index is -0.0348. The minimum absolute atomic E-state index is 0.000979. The fraction of sp³-hybridized carbons (Fsp3) is 0.600. The first-order valence-corrected chi connectivity index (χ1v) is 9.42. The minimum Gasteiger partial charge on any atom is -0.494 e. The summed E-state index contributed by atoms with van der Waals surface area (Å²) in [5.41, 5.74) is 0. The summed E-state index contributed by atoms with van der Waals surface area (Å²) < 4.78 is 11.1. The van der Waals surface area contributed by atoms with Gasteiger partial charge in [0.1, 0.15) is 11.5 Å². The predicted octanol–water partition coefficient (Wildman–Crippen LogP) is 2.71. The topological polar surface area (TPSA) is 59.1 Å². The highest BCUT2D eigenvalue weighted by atomic mass is 16.5. The average molecular weight is 362 g/mol. The van der Waals surface area contributed by atoms with E-state index in [1.54, 1.807) is 19.1 Å². The van der Waals surface area contributed by atoms with Crippen molar-refractivity contribution in [2.24, 2.45) is 0 Å². The molecule has 1 heterocycles. The van der Waals surface area contributed by atoms with E-state index in [0.717, 1.165) is 18.6 Å². The normalized spacial score (nSPS) is 20.0. The van der Waals surface area contributed by atoms with Crippen molar-refractivity contribution in [1.29, 1.82) is 0 Å². The second-order valence-electron chi connectivity index (χ2n) is 6.53. The Balaban J connectivity index is 1.97. The van der Waals surface area contributed by atoms with Crippen molar-refractivity contribution in [3.05, 3.63) is 24.3 Å². The van der Waals surface area contributed by atoms with Crippen molar-refractivity contribution < 1.29 is 19.1 Å². The largest absolute Gasteiger partial charge is 0.494 e. The highest BCUT2D eigenvalue weighted by Crippen LogP contribution is 2.21. The van der Waals surface area contributed by atoms with Crippen LogP contribution in [0.15, 0.2) is 24.3 Å². The zero-order valence-electron chi connectivity index (χ0n) is 16.2. The lowest BCUT2D eigenvalue weighted by Crippen LogP contribution is -2.61. The van der Waals surface area contributed by atoms with Crippen LogP contribution in [-0.4, -0.2) is 60.0 Å². The van der Waals surface area contributed by atoms with Gasteiger partial charge in [-0.15, -0.1) is 0 Å². The second kappa shape index (κ2) is 9.46. The molecule has 0 bridgehead atoms. The van der Waals surface area contributed by atoms with E-state index in [1.165, 1.54) is 0 Å². The first-order chi connectivity index (χ1) is 12.5. The standard InChI is InChI=1S/C20H30N2O4/c1-5-16-13-22(17(6-2)12-21(16)15(4)23)20(24)14-26-19-10-8-18(9-11-19)25-7-3/h8-11,16-17H,5-7,12-14H2,1-4H3/t16-,17-/m1/s1. The second-order valence-corrected chi connectivity index (χ2v) is 6.53. The van der Waals surface area contributed by atoms with Gasteiger partial charge in [-0.2, -0.15) is 0 Å². The molecule has 1 aromatic carbocycles. The van der Waals surface area contributed by atoms with Gasteiger partial charge in [0.25, 0.3) is 5.91 Å². The highest BCUT2D eigenvalue weighted by molar-refractivity contribution is 5.79. The molecule has 144 valence electrons. The molecule has 0 saturated carbocycles. The van der Waals surface area contributed by atoms with Crippen LogP contribution in [0.5, 0.6) is 11.5 Å². The summed E-state index contributed by atoms with van der Waals surface area (Å²) in [4.78, 5) is 28.4. The molecule has 2 atom stereocenters. The number of carbonyl (C=O) groups is 2. The first-order valence-electron chi connectivity index (χ1n) is 9.42. The van der Waals surface area contributed by atoms with Crippen LogP contribution in [-0.2, 0) is 9.59 Å². The van der Waals surface area contributed by atoms with E-state index in [4.69, 9.17) is 9.47 Å². The van der Waals surface area contributed by atoms with E-state index in [1.807, 2.05) is 42.7 Å².